The Hall–Kier alpha value is -3.14. The summed E-state index contributed by atoms with van der Waals surface area (Å²) in [7, 11) is 0. The zero-order valence-corrected chi connectivity index (χ0v) is 18.0. The molecule has 10 heteroatoms. The van der Waals surface area contributed by atoms with Crippen LogP contribution < -0.4 is 22.1 Å². The predicted octanol–water partition coefficient (Wildman–Crippen LogP) is 0.310. The van der Waals surface area contributed by atoms with Crippen LogP contribution in [0.15, 0.2) is 35.3 Å². The molecular weight excluding hydrogens is 402 g/mol. The van der Waals surface area contributed by atoms with E-state index in [0.29, 0.717) is 12.8 Å². The van der Waals surface area contributed by atoms with E-state index in [9.17, 15) is 24.6 Å². The second-order valence-corrected chi connectivity index (χ2v) is 7.78. The molecule has 0 aliphatic heterocycles. The molecule has 0 fully saturated rings. The van der Waals surface area contributed by atoms with Crippen LogP contribution in [0.1, 0.15) is 38.7 Å². The normalized spacial score (nSPS) is 13.8. The van der Waals surface area contributed by atoms with E-state index in [4.69, 9.17) is 11.5 Å². The minimum atomic E-state index is -1.19. The fraction of sp³-hybridized carbons (Fsp3) is 0.524. The summed E-state index contributed by atoms with van der Waals surface area (Å²) in [6.07, 6.45) is 1.03. The standard InChI is InChI=1S/C21H33N5O5/c1-13(2)11-17(20(30)31)25-16(12-14-7-4-3-5-8-14)18(27)26-15(19(28)29)9-6-10-24-21(22)23/h3-5,7-8,13,15-17,25H,6,9-12H2,1-2H3,(H,26,27)(H,28,29)(H,30,31)(H4,22,23,24)/t15-,16-,17?/m0/s1. The fourth-order valence-electron chi connectivity index (χ4n) is 3.06. The molecule has 0 saturated heterocycles. The van der Waals surface area contributed by atoms with Crippen LogP contribution in [0.5, 0.6) is 0 Å². The first kappa shape index (κ1) is 25.9. The molecule has 0 aromatic heterocycles. The number of carbonyl (C=O) groups excluding carboxylic acids is 1. The van der Waals surface area contributed by atoms with Crippen LogP contribution in [0.4, 0.5) is 0 Å². The van der Waals surface area contributed by atoms with Crippen molar-refractivity contribution in [1.82, 2.24) is 10.6 Å². The van der Waals surface area contributed by atoms with Crippen LogP contribution in [-0.4, -0.2) is 58.7 Å². The number of aliphatic imine (C=N–C) groups is 1. The largest absolute Gasteiger partial charge is 0.480 e. The van der Waals surface area contributed by atoms with Gasteiger partial charge in [0.05, 0.1) is 6.04 Å². The summed E-state index contributed by atoms with van der Waals surface area (Å²) in [6, 6.07) is 6.12. The van der Waals surface area contributed by atoms with E-state index in [-0.39, 0.29) is 31.3 Å². The van der Waals surface area contributed by atoms with Gasteiger partial charge in [-0.05, 0) is 37.2 Å². The summed E-state index contributed by atoms with van der Waals surface area (Å²) in [5.41, 5.74) is 11.3. The highest BCUT2D eigenvalue weighted by Crippen LogP contribution is 2.10. The zero-order valence-electron chi connectivity index (χ0n) is 18.0. The molecule has 1 aromatic rings. The van der Waals surface area contributed by atoms with Crippen LogP contribution in [0, 0.1) is 5.92 Å². The van der Waals surface area contributed by atoms with Crippen LogP contribution in [0.2, 0.25) is 0 Å². The van der Waals surface area contributed by atoms with E-state index >= 15 is 0 Å². The zero-order chi connectivity index (χ0) is 23.4. The first-order valence-corrected chi connectivity index (χ1v) is 10.2. The van der Waals surface area contributed by atoms with Gasteiger partial charge in [-0.25, -0.2) is 4.79 Å². The summed E-state index contributed by atoms with van der Waals surface area (Å²) < 4.78 is 0. The maximum Gasteiger partial charge on any atom is 0.326 e. The van der Waals surface area contributed by atoms with Gasteiger partial charge in [0.25, 0.3) is 0 Å². The Morgan fingerprint density at radius 3 is 2.13 bits per heavy atom. The maximum absolute atomic E-state index is 12.9. The Morgan fingerprint density at radius 2 is 1.61 bits per heavy atom. The second kappa shape index (κ2) is 13.2. The van der Waals surface area contributed by atoms with Crippen molar-refractivity contribution in [2.45, 2.75) is 57.7 Å². The molecule has 0 saturated carbocycles. The lowest BCUT2D eigenvalue weighted by atomic mass is 9.99. The van der Waals surface area contributed by atoms with Gasteiger partial charge in [0, 0.05) is 6.54 Å². The lowest BCUT2D eigenvalue weighted by molar-refractivity contribution is -0.143. The van der Waals surface area contributed by atoms with Gasteiger partial charge >= 0.3 is 11.9 Å². The molecule has 1 unspecified atom stereocenters. The Morgan fingerprint density at radius 1 is 1.00 bits per heavy atom. The van der Waals surface area contributed by atoms with E-state index in [0.717, 1.165) is 5.56 Å². The highest BCUT2D eigenvalue weighted by atomic mass is 16.4. The number of nitrogens with zero attached hydrogens (tertiary/aromatic N) is 1. The first-order chi connectivity index (χ1) is 14.6. The monoisotopic (exact) mass is 435 g/mol. The summed E-state index contributed by atoms with van der Waals surface area (Å²) in [5, 5.41) is 24.5. The van der Waals surface area contributed by atoms with Gasteiger partial charge in [-0.15, -0.1) is 0 Å². The van der Waals surface area contributed by atoms with Crippen molar-refractivity contribution in [3.8, 4) is 0 Å². The number of hydrogen-bond donors (Lipinski definition) is 6. The SMILES string of the molecule is CC(C)CC(N[C@@H](Cc1ccccc1)C(=O)N[C@@H](CCCN=C(N)N)C(=O)O)C(=O)O. The number of carboxylic acids is 2. The lowest BCUT2D eigenvalue weighted by Crippen LogP contribution is -2.55. The lowest BCUT2D eigenvalue weighted by Gasteiger charge is -2.25. The van der Waals surface area contributed by atoms with Crippen molar-refractivity contribution in [2.75, 3.05) is 6.54 Å². The Bertz CT molecular complexity index is 750. The molecule has 1 rings (SSSR count). The quantitative estimate of drug-likeness (QED) is 0.137. The minimum absolute atomic E-state index is 0.0899. The number of hydrogen-bond acceptors (Lipinski definition) is 5. The van der Waals surface area contributed by atoms with E-state index < -0.39 is 36.0 Å². The van der Waals surface area contributed by atoms with Crippen molar-refractivity contribution in [1.29, 1.82) is 0 Å². The third kappa shape index (κ3) is 10.4. The highest BCUT2D eigenvalue weighted by molar-refractivity contribution is 5.87. The molecule has 0 aliphatic carbocycles. The number of carboxylic acid groups (broad SMARTS) is 2. The van der Waals surface area contributed by atoms with E-state index in [1.54, 1.807) is 0 Å². The van der Waals surface area contributed by atoms with Crippen LogP contribution in [-0.2, 0) is 20.8 Å². The molecule has 0 radical (unpaired) electrons. The third-order valence-corrected chi connectivity index (χ3v) is 4.57. The molecule has 3 atom stereocenters. The fourth-order valence-corrected chi connectivity index (χ4v) is 3.06. The molecule has 0 spiro atoms. The first-order valence-electron chi connectivity index (χ1n) is 10.2. The molecule has 10 nitrogen and oxygen atoms in total. The van der Waals surface area contributed by atoms with Crippen molar-refractivity contribution in [2.24, 2.45) is 22.4 Å². The highest BCUT2D eigenvalue weighted by Gasteiger charge is 2.29. The summed E-state index contributed by atoms with van der Waals surface area (Å²) in [5.74, 6) is -2.82. The second-order valence-electron chi connectivity index (χ2n) is 7.78. The average Bonchev–Trinajstić information content (AvgIpc) is 2.68. The van der Waals surface area contributed by atoms with Crippen LogP contribution >= 0.6 is 0 Å². The number of guanidine groups is 1. The van der Waals surface area contributed by atoms with Gasteiger partial charge in [-0.3, -0.25) is 19.9 Å². The molecule has 0 aliphatic rings. The van der Waals surface area contributed by atoms with Gasteiger partial charge in [0.2, 0.25) is 5.91 Å². The van der Waals surface area contributed by atoms with E-state index in [1.807, 2.05) is 44.2 Å². The Labute approximate surface area is 182 Å². The van der Waals surface area contributed by atoms with Crippen molar-refractivity contribution < 1.29 is 24.6 Å². The molecule has 31 heavy (non-hydrogen) atoms. The van der Waals surface area contributed by atoms with Crippen LogP contribution in [0.3, 0.4) is 0 Å². The van der Waals surface area contributed by atoms with E-state index in [2.05, 4.69) is 15.6 Å². The Balaban J connectivity index is 2.95. The Kier molecular flexibility index (Phi) is 11.0. The molecule has 8 N–H and O–H groups in total. The number of aliphatic carboxylic acids is 2. The van der Waals surface area contributed by atoms with Crippen molar-refractivity contribution in [3.63, 3.8) is 0 Å². The number of nitrogens with one attached hydrogen (secondary N) is 2. The number of carbonyl (C=O) groups is 3. The minimum Gasteiger partial charge on any atom is -0.480 e. The van der Waals surface area contributed by atoms with Gasteiger partial charge in [-0.2, -0.15) is 0 Å². The van der Waals surface area contributed by atoms with Gasteiger partial charge < -0.3 is 27.0 Å². The van der Waals surface area contributed by atoms with E-state index in [1.165, 1.54) is 0 Å². The molecule has 1 amide bonds. The predicted molar refractivity (Wildman–Crippen MR) is 117 cm³/mol. The summed E-state index contributed by atoms with van der Waals surface area (Å²) >= 11 is 0. The molecule has 0 heterocycles. The van der Waals surface area contributed by atoms with Crippen molar-refractivity contribution in [3.05, 3.63) is 35.9 Å². The maximum atomic E-state index is 12.9. The smallest absolute Gasteiger partial charge is 0.326 e. The average molecular weight is 436 g/mol. The van der Waals surface area contributed by atoms with Gasteiger partial charge in [0.1, 0.15) is 12.1 Å². The topological polar surface area (TPSA) is 180 Å². The number of rotatable bonds is 14. The molecule has 0 bridgehead atoms. The molecule has 1 aromatic carbocycles. The molecular formula is C21H33N5O5. The summed E-state index contributed by atoms with van der Waals surface area (Å²) in [6.45, 7) is 4.02. The summed E-state index contributed by atoms with van der Waals surface area (Å²) in [4.78, 5) is 40.0. The van der Waals surface area contributed by atoms with Gasteiger partial charge in [-0.1, -0.05) is 44.2 Å². The number of nitrogens with two attached hydrogens (primary N) is 2. The van der Waals surface area contributed by atoms with Crippen molar-refractivity contribution >= 4 is 23.8 Å². The molecule has 172 valence electrons. The third-order valence-electron chi connectivity index (χ3n) is 4.57. The van der Waals surface area contributed by atoms with Crippen LogP contribution in [0.25, 0.3) is 0 Å². The number of benzene rings is 1. The number of amides is 1. The van der Waals surface area contributed by atoms with Gasteiger partial charge in [0.15, 0.2) is 5.96 Å².